The van der Waals surface area contributed by atoms with Gasteiger partial charge in [-0.15, -0.1) is 0 Å². The SMILES string of the molecule is CC(=O)Oc1cccc2cc(C(=O)NCCN3CCC(OC(c4ccccc4)c4ccccc4)CC3)c(O)cc12. The topological polar surface area (TPSA) is 88.1 Å². The van der Waals surface area contributed by atoms with Crippen LogP contribution in [-0.2, 0) is 9.53 Å². The van der Waals surface area contributed by atoms with Crippen LogP contribution in [0.25, 0.3) is 10.8 Å². The Morgan fingerprint density at radius 2 is 1.57 bits per heavy atom. The van der Waals surface area contributed by atoms with Gasteiger partial charge in [0.05, 0.1) is 11.7 Å². The number of hydrogen-bond acceptors (Lipinski definition) is 6. The van der Waals surface area contributed by atoms with Gasteiger partial charge in [0, 0.05) is 38.5 Å². The number of fused-ring (bicyclic) bond motifs is 1. The third-order valence-electron chi connectivity index (χ3n) is 7.24. The highest BCUT2D eigenvalue weighted by Gasteiger charge is 2.25. The summed E-state index contributed by atoms with van der Waals surface area (Å²) in [5, 5.41) is 14.7. The molecule has 5 rings (SSSR count). The molecule has 0 bridgehead atoms. The van der Waals surface area contributed by atoms with E-state index in [1.54, 1.807) is 18.2 Å². The number of nitrogens with one attached hydrogen (secondary N) is 1. The van der Waals surface area contributed by atoms with Gasteiger partial charge in [-0.1, -0.05) is 72.8 Å². The minimum absolute atomic E-state index is 0.0991. The zero-order chi connectivity index (χ0) is 27.9. The Morgan fingerprint density at radius 1 is 0.925 bits per heavy atom. The van der Waals surface area contributed by atoms with Gasteiger partial charge >= 0.3 is 5.97 Å². The van der Waals surface area contributed by atoms with E-state index in [1.807, 2.05) is 42.5 Å². The van der Waals surface area contributed by atoms with Crippen LogP contribution in [0.5, 0.6) is 11.5 Å². The Labute approximate surface area is 234 Å². The predicted molar refractivity (Wildman–Crippen MR) is 155 cm³/mol. The molecule has 0 aliphatic carbocycles. The van der Waals surface area contributed by atoms with Crippen molar-refractivity contribution in [1.82, 2.24) is 10.2 Å². The van der Waals surface area contributed by atoms with E-state index in [0.29, 0.717) is 29.6 Å². The summed E-state index contributed by atoms with van der Waals surface area (Å²) < 4.78 is 11.9. The highest BCUT2D eigenvalue weighted by Crippen LogP contribution is 2.32. The number of rotatable bonds is 9. The van der Waals surface area contributed by atoms with Crippen LogP contribution in [0.2, 0.25) is 0 Å². The molecule has 7 heteroatoms. The molecule has 1 saturated heterocycles. The van der Waals surface area contributed by atoms with Crippen LogP contribution in [-0.4, -0.2) is 54.2 Å². The van der Waals surface area contributed by atoms with Crippen LogP contribution in [0.1, 0.15) is 47.4 Å². The van der Waals surface area contributed by atoms with Crippen molar-refractivity contribution >= 4 is 22.6 Å². The summed E-state index contributed by atoms with van der Waals surface area (Å²) in [5.41, 5.74) is 2.49. The summed E-state index contributed by atoms with van der Waals surface area (Å²) in [4.78, 5) is 26.6. The van der Waals surface area contributed by atoms with E-state index >= 15 is 0 Å². The van der Waals surface area contributed by atoms with Crippen LogP contribution in [0.3, 0.4) is 0 Å². The molecular weight excluding hydrogens is 504 g/mol. The molecule has 1 amide bonds. The van der Waals surface area contributed by atoms with Crippen molar-refractivity contribution in [3.8, 4) is 11.5 Å². The van der Waals surface area contributed by atoms with Crippen LogP contribution < -0.4 is 10.1 Å². The Bertz CT molecular complexity index is 1410. The second-order valence-corrected chi connectivity index (χ2v) is 10.1. The third-order valence-corrected chi connectivity index (χ3v) is 7.24. The second-order valence-electron chi connectivity index (χ2n) is 10.1. The zero-order valence-corrected chi connectivity index (χ0v) is 22.6. The highest BCUT2D eigenvalue weighted by molar-refractivity contribution is 6.03. The van der Waals surface area contributed by atoms with Gasteiger partial charge in [0.15, 0.2) is 0 Å². The van der Waals surface area contributed by atoms with Crippen molar-refractivity contribution in [1.29, 1.82) is 0 Å². The molecule has 1 aliphatic rings. The maximum absolute atomic E-state index is 12.9. The van der Waals surface area contributed by atoms with Crippen molar-refractivity contribution < 1.29 is 24.2 Å². The molecule has 2 N–H and O–H groups in total. The van der Waals surface area contributed by atoms with Gasteiger partial charge in [0.1, 0.15) is 17.6 Å². The number of esters is 1. The minimum atomic E-state index is -0.448. The molecule has 0 aromatic heterocycles. The molecular formula is C33H34N2O5. The van der Waals surface area contributed by atoms with Crippen LogP contribution in [0.4, 0.5) is 0 Å². The van der Waals surface area contributed by atoms with E-state index < -0.39 is 5.97 Å². The minimum Gasteiger partial charge on any atom is -0.507 e. The molecule has 206 valence electrons. The summed E-state index contributed by atoms with van der Waals surface area (Å²) in [5.74, 6) is -0.604. The first-order chi connectivity index (χ1) is 19.5. The summed E-state index contributed by atoms with van der Waals surface area (Å²) in [6.07, 6.45) is 1.89. The van der Waals surface area contributed by atoms with Gasteiger partial charge < -0.3 is 24.8 Å². The van der Waals surface area contributed by atoms with Gasteiger partial charge in [-0.25, -0.2) is 0 Å². The standard InChI is InChI=1S/C33H34N2O5/c1-23(36)39-31-14-8-13-26-21-29(30(37)22-28(26)31)33(38)34-17-20-35-18-15-27(16-19-35)40-32(24-9-4-2-5-10-24)25-11-6-3-7-12-25/h2-14,21-22,27,32,37H,15-20H2,1H3,(H,34,38). The number of hydrogen-bond donors (Lipinski definition) is 2. The number of amides is 1. The molecule has 1 heterocycles. The van der Waals surface area contributed by atoms with E-state index in [9.17, 15) is 14.7 Å². The normalized spacial score (nSPS) is 14.3. The maximum atomic E-state index is 12.9. The van der Waals surface area contributed by atoms with Gasteiger partial charge in [-0.3, -0.25) is 9.59 Å². The van der Waals surface area contributed by atoms with E-state index in [1.165, 1.54) is 13.0 Å². The Kier molecular flexibility index (Phi) is 8.74. The van der Waals surface area contributed by atoms with Crippen molar-refractivity contribution in [2.45, 2.75) is 32.0 Å². The monoisotopic (exact) mass is 538 g/mol. The van der Waals surface area contributed by atoms with Gasteiger partial charge in [0.2, 0.25) is 0 Å². The molecule has 0 spiro atoms. The number of aromatic hydroxyl groups is 1. The fraction of sp³-hybridized carbons (Fsp3) is 0.273. The molecule has 4 aromatic rings. The lowest BCUT2D eigenvalue weighted by Crippen LogP contribution is -2.41. The molecule has 0 atom stereocenters. The van der Waals surface area contributed by atoms with Crippen molar-refractivity contribution in [3.05, 3.63) is 108 Å². The lowest BCUT2D eigenvalue weighted by atomic mass is 10.00. The molecule has 0 radical (unpaired) electrons. The number of piperidine rings is 1. The Morgan fingerprint density at radius 3 is 2.20 bits per heavy atom. The average Bonchev–Trinajstić information content (AvgIpc) is 2.97. The van der Waals surface area contributed by atoms with Gasteiger partial charge in [-0.05, 0) is 47.6 Å². The number of phenolic OH excluding ortho intramolecular Hbond substituents is 1. The number of benzene rings is 4. The molecule has 40 heavy (non-hydrogen) atoms. The highest BCUT2D eigenvalue weighted by atomic mass is 16.5. The fourth-order valence-electron chi connectivity index (χ4n) is 5.20. The van der Waals surface area contributed by atoms with Crippen molar-refractivity contribution in [2.24, 2.45) is 0 Å². The Hall–Kier alpha value is -4.20. The summed E-state index contributed by atoms with van der Waals surface area (Å²) in [6.45, 7) is 4.27. The lowest BCUT2D eigenvalue weighted by molar-refractivity contribution is -0.131. The predicted octanol–water partition coefficient (Wildman–Crippen LogP) is 5.47. The number of phenols is 1. The number of ether oxygens (including phenoxy) is 2. The van der Waals surface area contributed by atoms with Crippen LogP contribution >= 0.6 is 0 Å². The molecule has 4 aromatic carbocycles. The molecule has 1 fully saturated rings. The summed E-state index contributed by atoms with van der Waals surface area (Å²) >= 11 is 0. The van der Waals surface area contributed by atoms with Crippen molar-refractivity contribution in [3.63, 3.8) is 0 Å². The number of likely N-dealkylation sites (tertiary alicyclic amines) is 1. The average molecular weight is 539 g/mol. The second kappa shape index (κ2) is 12.8. The maximum Gasteiger partial charge on any atom is 0.308 e. The summed E-state index contributed by atoms with van der Waals surface area (Å²) in [7, 11) is 0. The first-order valence-electron chi connectivity index (χ1n) is 13.7. The van der Waals surface area contributed by atoms with E-state index in [2.05, 4.69) is 34.5 Å². The first kappa shape index (κ1) is 27.4. The number of nitrogens with zero attached hydrogens (tertiary/aromatic N) is 1. The van der Waals surface area contributed by atoms with Gasteiger partial charge in [0.25, 0.3) is 5.91 Å². The van der Waals surface area contributed by atoms with Crippen molar-refractivity contribution in [2.75, 3.05) is 26.2 Å². The van der Waals surface area contributed by atoms with Gasteiger partial charge in [-0.2, -0.15) is 0 Å². The van der Waals surface area contributed by atoms with E-state index in [-0.39, 0.29) is 29.4 Å². The molecule has 1 aliphatic heterocycles. The van der Waals surface area contributed by atoms with Crippen LogP contribution in [0.15, 0.2) is 91.0 Å². The molecule has 0 unspecified atom stereocenters. The van der Waals surface area contributed by atoms with E-state index in [0.717, 1.165) is 37.1 Å². The Balaban J connectivity index is 1.13. The summed E-state index contributed by atoms with van der Waals surface area (Å²) in [6, 6.07) is 29.0. The smallest absolute Gasteiger partial charge is 0.308 e. The number of carbonyl (C=O) groups excluding carboxylic acids is 2. The third kappa shape index (κ3) is 6.68. The largest absolute Gasteiger partial charge is 0.507 e. The van der Waals surface area contributed by atoms with E-state index in [4.69, 9.17) is 9.47 Å². The zero-order valence-electron chi connectivity index (χ0n) is 22.6. The fourth-order valence-corrected chi connectivity index (χ4v) is 5.20. The first-order valence-corrected chi connectivity index (χ1v) is 13.7. The lowest BCUT2D eigenvalue weighted by Gasteiger charge is -2.34. The molecule has 7 nitrogen and oxygen atoms in total. The number of carbonyl (C=O) groups is 2. The van der Waals surface area contributed by atoms with Crippen LogP contribution in [0, 0.1) is 0 Å². The molecule has 0 saturated carbocycles. The quantitative estimate of drug-likeness (QED) is 0.217.